The average molecular weight is 789 g/mol. The first-order valence-electron chi connectivity index (χ1n) is 18.9. The number of rotatable bonds is 9. The van der Waals surface area contributed by atoms with Crippen molar-refractivity contribution in [3.8, 4) is 0 Å². The average Bonchev–Trinajstić information content (AvgIpc) is 3.29. The molecule has 3 bridgehead atoms. The van der Waals surface area contributed by atoms with E-state index in [0.29, 0.717) is 0 Å². The minimum absolute atomic E-state index is 0.0271. The summed E-state index contributed by atoms with van der Waals surface area (Å²) < 4.78 is 43.2. The van der Waals surface area contributed by atoms with Gasteiger partial charge in [-0.2, -0.15) is 0 Å². The molecule has 1 saturated heterocycles. The van der Waals surface area contributed by atoms with Crippen molar-refractivity contribution in [2.45, 2.75) is 142 Å². The first-order chi connectivity index (χ1) is 26.0. The number of esters is 6. The lowest BCUT2D eigenvalue weighted by molar-refractivity contribution is -0.267. The van der Waals surface area contributed by atoms with E-state index in [1.165, 1.54) is 19.1 Å². The zero-order valence-corrected chi connectivity index (χ0v) is 33.8. The normalized spacial score (nSPS) is 35.9. The van der Waals surface area contributed by atoms with Gasteiger partial charge in [-0.3, -0.25) is 24.0 Å². The zero-order chi connectivity index (χ0) is 42.0. The molecule has 1 aromatic carbocycles. The first kappa shape index (κ1) is 44.4. The van der Waals surface area contributed by atoms with Crippen LogP contribution in [0.15, 0.2) is 42.5 Å². The third kappa shape index (κ3) is 9.26. The van der Waals surface area contributed by atoms with Crippen molar-refractivity contribution in [3.05, 3.63) is 48.0 Å². The molecule has 1 saturated carbocycles. The van der Waals surface area contributed by atoms with Crippen molar-refractivity contribution in [1.82, 2.24) is 0 Å². The fourth-order valence-corrected chi connectivity index (χ4v) is 8.52. The number of carbonyl (C=O) groups is 6. The second-order valence-electron chi connectivity index (χ2n) is 16.5. The third-order valence-electron chi connectivity index (χ3n) is 10.7. The zero-order valence-electron chi connectivity index (χ0n) is 33.8. The van der Waals surface area contributed by atoms with Gasteiger partial charge >= 0.3 is 35.8 Å². The Hall–Kier alpha value is -4.34. The van der Waals surface area contributed by atoms with Crippen molar-refractivity contribution in [2.75, 3.05) is 6.61 Å². The van der Waals surface area contributed by atoms with Crippen molar-refractivity contribution >= 4 is 35.8 Å². The molecule has 56 heavy (non-hydrogen) atoms. The van der Waals surface area contributed by atoms with Crippen LogP contribution in [0.4, 0.5) is 0 Å². The summed E-state index contributed by atoms with van der Waals surface area (Å²) in [5.74, 6) is -8.21. The summed E-state index contributed by atoms with van der Waals surface area (Å²) in [6, 6.07) is 7.74. The van der Waals surface area contributed by atoms with Crippen LogP contribution in [0.1, 0.15) is 98.9 Å². The lowest BCUT2D eigenvalue weighted by Gasteiger charge is -2.53. The Bertz CT molecular complexity index is 1670. The van der Waals surface area contributed by atoms with Crippen LogP contribution in [0.25, 0.3) is 0 Å². The molecule has 2 fully saturated rings. The van der Waals surface area contributed by atoms with Gasteiger partial charge in [0.05, 0.1) is 11.5 Å². The van der Waals surface area contributed by atoms with Crippen LogP contribution >= 0.6 is 0 Å². The van der Waals surface area contributed by atoms with Gasteiger partial charge < -0.3 is 43.4 Å². The number of carbonyl (C=O) groups excluding carboxylic acids is 6. The summed E-state index contributed by atoms with van der Waals surface area (Å²) in [5, 5.41) is 25.8. The number of fused-ring (bicyclic) bond motifs is 2. The van der Waals surface area contributed by atoms with E-state index >= 15 is 0 Å². The molecule has 11 atom stereocenters. The highest BCUT2D eigenvalue weighted by atomic mass is 16.6. The second kappa shape index (κ2) is 17.0. The number of hydrogen-bond acceptors (Lipinski definition) is 15. The van der Waals surface area contributed by atoms with Crippen LogP contribution in [-0.2, 0) is 57.1 Å². The van der Waals surface area contributed by atoms with E-state index in [1.807, 2.05) is 13.8 Å². The maximum absolute atomic E-state index is 14.4. The maximum Gasteiger partial charge on any atom is 0.338 e. The van der Waals surface area contributed by atoms with Gasteiger partial charge in [0.25, 0.3) is 0 Å². The third-order valence-corrected chi connectivity index (χ3v) is 10.7. The summed E-state index contributed by atoms with van der Waals surface area (Å²) >= 11 is 0. The fraction of sp³-hybridized carbons (Fsp3) is 0.659. The standard InChI is InChI=1S/C41H56O15/c1-22(2)20-50-36-31(51-24(4)42)35(53-26(6)44)38(8,9)18-16-23(3)33(52-25(5)43)40(49)21-39(10)32(47)30(40)34(54-37(48)28-14-12-11-13-15-28)41(36,55-27(7)45)19-17-29(46)56-39/h11-16,18,22-23,30-36,47,49H,17,19-21H2,1-10H3/b18-16+/t23-,30-,31+,32+,33-,34+,35+,36+,39+,40+,41?/m0/s1. The van der Waals surface area contributed by atoms with Crippen LogP contribution in [0.5, 0.6) is 0 Å². The molecular weight excluding hydrogens is 732 g/mol. The number of ether oxygens (including phenoxy) is 7. The van der Waals surface area contributed by atoms with Crippen molar-refractivity contribution in [2.24, 2.45) is 23.2 Å². The van der Waals surface area contributed by atoms with Gasteiger partial charge in [-0.25, -0.2) is 4.79 Å². The number of hydrogen-bond donors (Lipinski definition) is 2. The van der Waals surface area contributed by atoms with E-state index in [9.17, 15) is 39.0 Å². The molecule has 0 aromatic heterocycles. The lowest BCUT2D eigenvalue weighted by atomic mass is 9.66. The van der Waals surface area contributed by atoms with Gasteiger partial charge in [-0.15, -0.1) is 0 Å². The molecule has 3 aliphatic rings. The summed E-state index contributed by atoms with van der Waals surface area (Å²) in [6.45, 7) is 14.4. The Morgan fingerprint density at radius 3 is 1.98 bits per heavy atom. The van der Waals surface area contributed by atoms with E-state index in [0.717, 1.165) is 27.7 Å². The minimum atomic E-state index is -2.44. The van der Waals surface area contributed by atoms with Crippen molar-refractivity contribution in [3.63, 3.8) is 0 Å². The highest BCUT2D eigenvalue weighted by Gasteiger charge is 2.73. The van der Waals surface area contributed by atoms with E-state index in [4.69, 9.17) is 33.2 Å². The Labute approximate surface area is 327 Å². The second-order valence-corrected chi connectivity index (χ2v) is 16.5. The molecule has 1 aromatic rings. The van der Waals surface area contributed by atoms with Gasteiger partial charge in [-0.05, 0) is 25.0 Å². The molecule has 2 N–H and O–H groups in total. The summed E-state index contributed by atoms with van der Waals surface area (Å²) in [7, 11) is 0. The molecule has 0 spiro atoms. The first-order valence-corrected chi connectivity index (χ1v) is 18.9. The Morgan fingerprint density at radius 1 is 0.839 bits per heavy atom. The topological polar surface area (TPSA) is 207 Å². The van der Waals surface area contributed by atoms with Gasteiger partial charge in [0.15, 0.2) is 17.8 Å². The molecule has 4 rings (SSSR count). The molecule has 2 aliphatic carbocycles. The maximum atomic E-state index is 14.4. The van der Waals surface area contributed by atoms with Gasteiger partial charge in [0.2, 0.25) is 0 Å². The van der Waals surface area contributed by atoms with Crippen molar-refractivity contribution in [1.29, 1.82) is 0 Å². The van der Waals surface area contributed by atoms with E-state index in [2.05, 4.69) is 0 Å². The molecular formula is C41H56O15. The fourth-order valence-electron chi connectivity index (χ4n) is 8.52. The minimum Gasteiger partial charge on any atom is -0.459 e. The molecule has 310 valence electrons. The summed E-state index contributed by atoms with van der Waals surface area (Å²) in [4.78, 5) is 80.8. The number of aliphatic hydroxyl groups excluding tert-OH is 1. The van der Waals surface area contributed by atoms with Crippen molar-refractivity contribution < 1.29 is 72.1 Å². The van der Waals surface area contributed by atoms with E-state index < -0.39 is 126 Å². The predicted molar refractivity (Wildman–Crippen MR) is 196 cm³/mol. The Morgan fingerprint density at radius 2 is 1.43 bits per heavy atom. The van der Waals surface area contributed by atoms with E-state index in [1.54, 1.807) is 51.1 Å². The molecule has 15 heteroatoms. The molecule has 0 amide bonds. The SMILES string of the molecule is CC(=O)O[C@@H]1[C@@H](OC(C)=O)C(C)(C)/C=C/[C@H](C)[C@H](OC(C)=O)[C@@]2(O)C[C@@]3(C)OC(=O)CCC(OC(C)=O)([C@@H]1OCC(C)C)[C@H](OC(=O)c1ccccc1)[C@@H]2[C@H]3O. The molecule has 1 heterocycles. The summed E-state index contributed by atoms with van der Waals surface area (Å²) in [5.41, 5.74) is -7.96. The van der Waals surface area contributed by atoms with Crippen LogP contribution in [0.3, 0.4) is 0 Å². The quantitative estimate of drug-likeness (QED) is 0.207. The smallest absolute Gasteiger partial charge is 0.338 e. The monoisotopic (exact) mass is 788 g/mol. The molecule has 1 aliphatic heterocycles. The predicted octanol–water partition coefficient (Wildman–Crippen LogP) is 3.79. The highest BCUT2D eigenvalue weighted by Crippen LogP contribution is 2.56. The highest BCUT2D eigenvalue weighted by molar-refractivity contribution is 5.89. The Balaban J connectivity index is 2.29. The lowest BCUT2D eigenvalue weighted by Crippen LogP contribution is -2.70. The van der Waals surface area contributed by atoms with Crippen LogP contribution in [-0.4, -0.2) is 106 Å². The van der Waals surface area contributed by atoms with E-state index in [-0.39, 0.29) is 18.1 Å². The molecule has 15 nitrogen and oxygen atoms in total. The Kier molecular flexibility index (Phi) is 13.5. The molecule has 0 radical (unpaired) electrons. The van der Waals surface area contributed by atoms with Gasteiger partial charge in [0, 0.05) is 64.9 Å². The van der Waals surface area contributed by atoms with Gasteiger partial charge in [0.1, 0.15) is 35.6 Å². The van der Waals surface area contributed by atoms with Crippen LogP contribution in [0.2, 0.25) is 0 Å². The van der Waals surface area contributed by atoms with Crippen LogP contribution in [0, 0.1) is 23.2 Å². The number of benzene rings is 1. The van der Waals surface area contributed by atoms with Crippen LogP contribution < -0.4 is 0 Å². The molecule has 1 unspecified atom stereocenters. The largest absolute Gasteiger partial charge is 0.459 e. The summed E-state index contributed by atoms with van der Waals surface area (Å²) in [6.07, 6.45) is -8.57. The number of aliphatic hydroxyl groups is 2. The van der Waals surface area contributed by atoms with Gasteiger partial charge in [-0.1, -0.05) is 65.0 Å².